The van der Waals surface area contributed by atoms with Crippen LogP contribution in [0.25, 0.3) is 0 Å². The van der Waals surface area contributed by atoms with E-state index in [1.165, 1.54) is 193 Å². The van der Waals surface area contributed by atoms with Gasteiger partial charge in [0, 0.05) is 12.8 Å². The number of carboxylic acid groups (broad SMARTS) is 1. The summed E-state index contributed by atoms with van der Waals surface area (Å²) in [6.07, 6.45) is 94.6. The summed E-state index contributed by atoms with van der Waals surface area (Å²) >= 11 is 0. The molecular weight excluding hydrogens is 1100 g/mol. The predicted molar refractivity (Wildman–Crippen MR) is 380 cm³/mol. The Kier molecular flexibility index (Phi) is 66.7. The standard InChI is InChI=1S/C80H139NO8/c1-6-8-10-12-14-16-18-20-22-24-26-28-30-32-34-36-37-38-39-40-41-43-45-47-49-51-53-55-57-59-61-63-65-67-69-71-78(83)89-76(75-88-80(79(84)85)86-73-72-81(3,4)5)74-87-77(82)70-68-66-64-62-60-58-56-54-52-50-48-46-44-42-35-33-31-29-27-25-23-21-19-17-15-13-11-9-7-2/h8,10,14,16,20,22,25-28,32,34,37-38,40-41,45,47,76,80H,6-7,9,11-13,15,17-19,21,23-24,29-31,33,35-36,39,42-44,46,48-75H2,1-5H3/b10-8-,16-14-,22-20-,27-25-,28-26-,34-32-,38-37-,41-40-,47-45-. The topological polar surface area (TPSA) is 111 Å². The lowest BCUT2D eigenvalue weighted by Gasteiger charge is -2.26. The molecule has 9 nitrogen and oxygen atoms in total. The lowest BCUT2D eigenvalue weighted by atomic mass is 10.0. The number of hydrogen-bond acceptors (Lipinski definition) is 8. The minimum absolute atomic E-state index is 0.144. The van der Waals surface area contributed by atoms with E-state index in [1.54, 1.807) is 0 Å². The molecule has 0 amide bonds. The van der Waals surface area contributed by atoms with Gasteiger partial charge in [0.15, 0.2) is 12.4 Å². The van der Waals surface area contributed by atoms with Crippen LogP contribution in [0.2, 0.25) is 0 Å². The number of esters is 2. The fourth-order valence-electron chi connectivity index (χ4n) is 10.4. The van der Waals surface area contributed by atoms with Crippen LogP contribution in [0.4, 0.5) is 0 Å². The molecule has 0 aromatic carbocycles. The molecule has 0 fully saturated rings. The van der Waals surface area contributed by atoms with Gasteiger partial charge in [-0.1, -0.05) is 316 Å². The summed E-state index contributed by atoms with van der Waals surface area (Å²) in [5, 5.41) is 11.8. The van der Waals surface area contributed by atoms with Gasteiger partial charge in [-0.05, 0) is 103 Å². The van der Waals surface area contributed by atoms with E-state index in [9.17, 15) is 19.5 Å². The molecule has 0 saturated carbocycles. The zero-order chi connectivity index (χ0) is 64.7. The fourth-order valence-corrected chi connectivity index (χ4v) is 10.4. The second-order valence-corrected chi connectivity index (χ2v) is 25.9. The number of allylic oxidation sites excluding steroid dienone is 18. The van der Waals surface area contributed by atoms with Crippen LogP contribution >= 0.6 is 0 Å². The molecule has 0 radical (unpaired) electrons. The number of unbranched alkanes of at least 4 members (excludes halogenated alkanes) is 35. The number of hydrogen-bond donors (Lipinski definition) is 0. The Hall–Kier alpha value is -4.05. The van der Waals surface area contributed by atoms with E-state index >= 15 is 0 Å². The number of likely N-dealkylation sites (N-methyl/N-ethyl adjacent to an activating group) is 1. The van der Waals surface area contributed by atoms with Crippen molar-refractivity contribution < 1.29 is 42.9 Å². The van der Waals surface area contributed by atoms with E-state index in [0.717, 1.165) is 96.3 Å². The third-order valence-corrected chi connectivity index (χ3v) is 16.0. The molecule has 0 aromatic rings. The second kappa shape index (κ2) is 69.8. The molecule has 89 heavy (non-hydrogen) atoms. The maximum Gasteiger partial charge on any atom is 0.306 e. The van der Waals surface area contributed by atoms with Crippen molar-refractivity contribution >= 4 is 17.9 Å². The average Bonchev–Trinajstić information content (AvgIpc) is 3.64. The van der Waals surface area contributed by atoms with Crippen molar-refractivity contribution in [2.45, 2.75) is 334 Å². The van der Waals surface area contributed by atoms with Crippen molar-refractivity contribution in [2.75, 3.05) is 47.5 Å². The smallest absolute Gasteiger partial charge is 0.306 e. The number of carbonyl (C=O) groups excluding carboxylic acids is 3. The van der Waals surface area contributed by atoms with Gasteiger partial charge in [0.25, 0.3) is 0 Å². The molecule has 2 atom stereocenters. The maximum absolute atomic E-state index is 13.0. The first-order valence-corrected chi connectivity index (χ1v) is 37.0. The Labute approximate surface area is 549 Å². The highest BCUT2D eigenvalue weighted by atomic mass is 16.7. The minimum Gasteiger partial charge on any atom is -0.545 e. The van der Waals surface area contributed by atoms with Crippen molar-refractivity contribution in [1.82, 2.24) is 0 Å². The SMILES string of the molecule is CC/C=C\C/C=C\C/C=C\C/C=C\C/C=C\C/C=C\C/C=C\C/C=C\CCCCCCCCCCCCC(=O)OC(COC(=O)CCCCCCCCCCCCCCCCCCC/C=C\CCCCCCCCCC)COC(OCC[N+](C)(C)C)C(=O)[O-]. The second-order valence-electron chi connectivity index (χ2n) is 25.9. The molecule has 0 aromatic heterocycles. The molecule has 0 rings (SSSR count). The molecule has 0 bridgehead atoms. The summed E-state index contributed by atoms with van der Waals surface area (Å²) in [4.78, 5) is 37.5. The van der Waals surface area contributed by atoms with Crippen LogP contribution in [-0.4, -0.2) is 82.3 Å². The Morgan fingerprint density at radius 3 is 0.966 bits per heavy atom. The normalized spacial score (nSPS) is 13.3. The van der Waals surface area contributed by atoms with Gasteiger partial charge in [-0.25, -0.2) is 0 Å². The number of quaternary nitrogens is 1. The minimum atomic E-state index is -1.63. The molecule has 2 unspecified atom stereocenters. The van der Waals surface area contributed by atoms with Crippen LogP contribution in [0.1, 0.15) is 322 Å². The average molecular weight is 1240 g/mol. The Balaban J connectivity index is 4.12. The van der Waals surface area contributed by atoms with Crippen LogP contribution in [0.15, 0.2) is 109 Å². The zero-order valence-electron chi connectivity index (χ0n) is 58.5. The van der Waals surface area contributed by atoms with Crippen molar-refractivity contribution in [1.29, 1.82) is 0 Å². The van der Waals surface area contributed by atoms with Crippen molar-refractivity contribution in [3.8, 4) is 0 Å². The molecule has 0 aliphatic rings. The number of carbonyl (C=O) groups is 3. The van der Waals surface area contributed by atoms with Crippen LogP contribution in [-0.2, 0) is 33.3 Å². The van der Waals surface area contributed by atoms with Gasteiger partial charge < -0.3 is 33.3 Å². The highest BCUT2D eigenvalue weighted by Crippen LogP contribution is 2.18. The van der Waals surface area contributed by atoms with Crippen molar-refractivity contribution in [2.24, 2.45) is 0 Å². The first-order valence-electron chi connectivity index (χ1n) is 37.0. The summed E-state index contributed by atoms with van der Waals surface area (Å²) in [5.41, 5.74) is 0. The van der Waals surface area contributed by atoms with E-state index in [-0.39, 0.29) is 32.2 Å². The summed E-state index contributed by atoms with van der Waals surface area (Å²) in [6.45, 7) is 4.66. The lowest BCUT2D eigenvalue weighted by molar-refractivity contribution is -0.870. The molecule has 9 heteroatoms. The van der Waals surface area contributed by atoms with E-state index in [1.807, 2.05) is 21.1 Å². The quantitative estimate of drug-likeness (QED) is 0.0195. The van der Waals surface area contributed by atoms with Crippen LogP contribution in [0.5, 0.6) is 0 Å². The Morgan fingerprint density at radius 1 is 0.348 bits per heavy atom. The highest BCUT2D eigenvalue weighted by molar-refractivity contribution is 5.70. The van der Waals surface area contributed by atoms with Gasteiger partial charge in [-0.15, -0.1) is 0 Å². The van der Waals surface area contributed by atoms with Crippen molar-refractivity contribution in [3.63, 3.8) is 0 Å². The van der Waals surface area contributed by atoms with Gasteiger partial charge in [0.05, 0.1) is 40.3 Å². The van der Waals surface area contributed by atoms with Gasteiger partial charge >= 0.3 is 11.9 Å². The summed E-state index contributed by atoms with van der Waals surface area (Å²) < 4.78 is 22.8. The zero-order valence-corrected chi connectivity index (χ0v) is 58.5. The maximum atomic E-state index is 13.0. The molecule has 512 valence electrons. The third kappa shape index (κ3) is 71.3. The molecule has 0 saturated heterocycles. The number of carboxylic acids is 1. The number of aliphatic carboxylic acids is 1. The first kappa shape index (κ1) is 85.0. The summed E-state index contributed by atoms with van der Waals surface area (Å²) in [6, 6.07) is 0. The van der Waals surface area contributed by atoms with Crippen molar-refractivity contribution in [3.05, 3.63) is 109 Å². The molecule has 0 aliphatic heterocycles. The predicted octanol–water partition coefficient (Wildman–Crippen LogP) is 22.0. The van der Waals surface area contributed by atoms with Crippen LogP contribution in [0.3, 0.4) is 0 Å². The molecule has 0 spiro atoms. The van der Waals surface area contributed by atoms with Gasteiger partial charge in [0.2, 0.25) is 0 Å². The molecule has 0 N–H and O–H groups in total. The molecule has 0 aliphatic carbocycles. The molecular formula is C80H139NO8. The van der Waals surface area contributed by atoms with E-state index in [4.69, 9.17) is 18.9 Å². The first-order chi connectivity index (χ1) is 43.6. The summed E-state index contributed by atoms with van der Waals surface area (Å²) in [5.74, 6) is -2.28. The molecule has 0 heterocycles. The van der Waals surface area contributed by atoms with Gasteiger partial charge in [0.1, 0.15) is 13.2 Å². The lowest BCUT2D eigenvalue weighted by Crippen LogP contribution is -2.44. The van der Waals surface area contributed by atoms with Gasteiger partial charge in [-0.3, -0.25) is 9.59 Å². The number of rotatable bonds is 68. The Bertz CT molecular complexity index is 1830. The Morgan fingerprint density at radius 2 is 0.640 bits per heavy atom. The van der Waals surface area contributed by atoms with Crippen LogP contribution < -0.4 is 5.11 Å². The van der Waals surface area contributed by atoms with Crippen LogP contribution in [0, 0.1) is 0 Å². The van der Waals surface area contributed by atoms with E-state index in [0.29, 0.717) is 23.9 Å². The van der Waals surface area contributed by atoms with E-state index in [2.05, 4.69) is 123 Å². The highest BCUT2D eigenvalue weighted by Gasteiger charge is 2.22. The largest absolute Gasteiger partial charge is 0.545 e. The summed E-state index contributed by atoms with van der Waals surface area (Å²) in [7, 11) is 5.93. The number of nitrogens with zero attached hydrogens (tertiary/aromatic N) is 1. The third-order valence-electron chi connectivity index (χ3n) is 16.0. The fraction of sp³-hybridized carbons (Fsp3) is 0.738. The number of ether oxygens (including phenoxy) is 4. The monoisotopic (exact) mass is 1240 g/mol. The van der Waals surface area contributed by atoms with E-state index < -0.39 is 24.3 Å². The van der Waals surface area contributed by atoms with Gasteiger partial charge in [-0.2, -0.15) is 0 Å².